The average Bonchev–Trinajstić information content (AvgIpc) is 2.69. The fraction of sp³-hybridized carbons (Fsp3) is 0.286. The lowest BCUT2D eigenvalue weighted by molar-refractivity contribution is 0.0698. The van der Waals surface area contributed by atoms with E-state index < -0.39 is 11.8 Å². The van der Waals surface area contributed by atoms with E-state index in [1.54, 1.807) is 0 Å². The highest BCUT2D eigenvalue weighted by atomic mass is 35.5. The van der Waals surface area contributed by atoms with E-state index in [0.29, 0.717) is 17.3 Å². The van der Waals surface area contributed by atoms with Crippen LogP contribution in [-0.2, 0) is 6.42 Å². The van der Waals surface area contributed by atoms with E-state index in [2.05, 4.69) is 4.98 Å². The molecule has 3 rings (SSSR count). The van der Waals surface area contributed by atoms with Crippen LogP contribution in [0.2, 0.25) is 5.02 Å². The van der Waals surface area contributed by atoms with Gasteiger partial charge >= 0.3 is 5.97 Å². The molecule has 1 atom stereocenters. The normalized spacial score (nSPS) is 17.7. The van der Waals surface area contributed by atoms with Crippen molar-refractivity contribution >= 4 is 28.5 Å². The third-order valence-corrected chi connectivity index (χ3v) is 3.96. The molecule has 1 N–H and O–H groups in total. The third-order valence-electron chi connectivity index (χ3n) is 3.67. The number of pyridine rings is 1. The summed E-state index contributed by atoms with van der Waals surface area (Å²) in [4.78, 5) is 15.9. The number of rotatable bonds is 1. The highest BCUT2D eigenvalue weighted by Gasteiger charge is 2.28. The van der Waals surface area contributed by atoms with Crippen LogP contribution in [-0.4, -0.2) is 16.1 Å². The number of aromatic carboxylic acids is 1. The van der Waals surface area contributed by atoms with E-state index in [-0.39, 0.29) is 16.5 Å². The fourth-order valence-electron chi connectivity index (χ4n) is 2.72. The number of nitrogens with zero attached hydrogens (tertiary/aromatic N) is 1. The van der Waals surface area contributed by atoms with Crippen LogP contribution in [0.5, 0.6) is 0 Å². The Bertz CT molecular complexity index is 714. The number of halogens is 2. The highest BCUT2D eigenvalue weighted by molar-refractivity contribution is 6.31. The molecule has 0 saturated carbocycles. The molecule has 3 nitrogen and oxygen atoms in total. The van der Waals surface area contributed by atoms with Crippen molar-refractivity contribution in [1.29, 1.82) is 0 Å². The molecule has 5 heteroatoms. The summed E-state index contributed by atoms with van der Waals surface area (Å²) in [7, 11) is 0. The Morgan fingerprint density at radius 3 is 2.95 bits per heavy atom. The largest absolute Gasteiger partial charge is 0.478 e. The number of carboxylic acid groups (broad SMARTS) is 1. The van der Waals surface area contributed by atoms with Crippen molar-refractivity contribution in [2.24, 2.45) is 0 Å². The second-order valence-corrected chi connectivity index (χ2v) is 5.29. The van der Waals surface area contributed by atoms with Gasteiger partial charge in [0.25, 0.3) is 0 Å². The number of carbonyl (C=O) groups is 1. The SMILES string of the molecule is CC1CCc2c1nc1cc(F)c(Cl)cc1c2C(=O)O. The summed E-state index contributed by atoms with van der Waals surface area (Å²) >= 11 is 5.75. The van der Waals surface area contributed by atoms with Crippen LogP contribution < -0.4 is 0 Å². The number of hydrogen-bond acceptors (Lipinski definition) is 2. The molecule has 0 amide bonds. The maximum absolute atomic E-state index is 13.5. The third kappa shape index (κ3) is 1.78. The fourth-order valence-corrected chi connectivity index (χ4v) is 2.88. The van der Waals surface area contributed by atoms with Crippen molar-refractivity contribution < 1.29 is 14.3 Å². The minimum Gasteiger partial charge on any atom is -0.478 e. The second-order valence-electron chi connectivity index (χ2n) is 4.88. The molecule has 98 valence electrons. The summed E-state index contributed by atoms with van der Waals surface area (Å²) in [5.74, 6) is -1.39. The summed E-state index contributed by atoms with van der Waals surface area (Å²) in [5.41, 5.74) is 2.10. The van der Waals surface area contributed by atoms with Gasteiger partial charge < -0.3 is 5.11 Å². The van der Waals surface area contributed by atoms with Crippen LogP contribution in [0.25, 0.3) is 10.9 Å². The van der Waals surface area contributed by atoms with Gasteiger partial charge in [0.2, 0.25) is 0 Å². The summed E-state index contributed by atoms with van der Waals surface area (Å²) in [6.45, 7) is 2.00. The minimum atomic E-state index is -1.01. The van der Waals surface area contributed by atoms with Gasteiger partial charge in [0.05, 0.1) is 16.1 Å². The molecule has 0 saturated heterocycles. The topological polar surface area (TPSA) is 50.2 Å². The molecule has 1 unspecified atom stereocenters. The zero-order valence-electron chi connectivity index (χ0n) is 10.2. The quantitative estimate of drug-likeness (QED) is 0.864. The maximum Gasteiger partial charge on any atom is 0.336 e. The predicted molar refractivity (Wildman–Crippen MR) is 70.4 cm³/mol. The van der Waals surface area contributed by atoms with Gasteiger partial charge in [-0.25, -0.2) is 9.18 Å². The van der Waals surface area contributed by atoms with Crippen LogP contribution in [0.15, 0.2) is 12.1 Å². The van der Waals surface area contributed by atoms with Gasteiger partial charge in [-0.2, -0.15) is 0 Å². The van der Waals surface area contributed by atoms with E-state index in [1.807, 2.05) is 6.92 Å². The number of carboxylic acids is 1. The van der Waals surface area contributed by atoms with Gasteiger partial charge in [0, 0.05) is 17.1 Å². The van der Waals surface area contributed by atoms with Gasteiger partial charge in [0.15, 0.2) is 0 Å². The zero-order valence-corrected chi connectivity index (χ0v) is 11.0. The van der Waals surface area contributed by atoms with E-state index in [9.17, 15) is 14.3 Å². The summed E-state index contributed by atoms with van der Waals surface area (Å²) in [6.07, 6.45) is 1.56. The van der Waals surface area contributed by atoms with Gasteiger partial charge in [-0.3, -0.25) is 4.98 Å². The van der Waals surface area contributed by atoms with Gasteiger partial charge in [-0.05, 0) is 30.4 Å². The van der Waals surface area contributed by atoms with E-state index in [0.717, 1.165) is 17.7 Å². The Balaban J connectivity index is 2.45. The summed E-state index contributed by atoms with van der Waals surface area (Å²) in [6, 6.07) is 2.56. The predicted octanol–water partition coefficient (Wildman–Crippen LogP) is 3.78. The lowest BCUT2D eigenvalue weighted by Gasteiger charge is -2.11. The Labute approximate surface area is 114 Å². The summed E-state index contributed by atoms with van der Waals surface area (Å²) in [5, 5.41) is 9.76. The highest BCUT2D eigenvalue weighted by Crippen LogP contribution is 2.37. The Hall–Kier alpha value is -1.68. The van der Waals surface area contributed by atoms with Crippen molar-refractivity contribution in [3.05, 3.63) is 39.8 Å². The van der Waals surface area contributed by atoms with Crippen molar-refractivity contribution in [2.45, 2.75) is 25.7 Å². The zero-order chi connectivity index (χ0) is 13.7. The Morgan fingerprint density at radius 2 is 2.26 bits per heavy atom. The monoisotopic (exact) mass is 279 g/mol. The van der Waals surface area contributed by atoms with Gasteiger partial charge in [0.1, 0.15) is 5.82 Å². The molecule has 1 aromatic heterocycles. The molecule has 0 radical (unpaired) electrons. The number of aromatic nitrogens is 1. The molecule has 1 heterocycles. The summed E-state index contributed by atoms with van der Waals surface area (Å²) < 4.78 is 13.5. The average molecular weight is 280 g/mol. The van der Waals surface area contributed by atoms with Crippen LogP contribution in [0.4, 0.5) is 4.39 Å². The first-order chi connectivity index (χ1) is 8.99. The van der Waals surface area contributed by atoms with Gasteiger partial charge in [-0.15, -0.1) is 0 Å². The number of fused-ring (bicyclic) bond motifs is 2. The molecule has 0 fully saturated rings. The molecule has 0 bridgehead atoms. The standard InChI is InChI=1S/C14H11ClFNO2/c1-6-2-3-7-12(14(18)19)8-4-9(15)10(16)5-11(8)17-13(6)7/h4-6H,2-3H2,1H3,(H,18,19). The smallest absolute Gasteiger partial charge is 0.336 e. The first-order valence-corrected chi connectivity index (χ1v) is 6.41. The van der Waals surface area contributed by atoms with Gasteiger partial charge in [-0.1, -0.05) is 18.5 Å². The minimum absolute atomic E-state index is 0.0807. The Morgan fingerprint density at radius 1 is 1.53 bits per heavy atom. The molecule has 1 aromatic carbocycles. The second kappa shape index (κ2) is 4.17. The van der Waals surface area contributed by atoms with E-state index in [4.69, 9.17) is 11.6 Å². The first-order valence-electron chi connectivity index (χ1n) is 6.04. The molecule has 2 aromatic rings. The van der Waals surface area contributed by atoms with Crippen molar-refractivity contribution in [2.75, 3.05) is 0 Å². The molecule has 0 spiro atoms. The lowest BCUT2D eigenvalue weighted by Crippen LogP contribution is -2.06. The number of benzene rings is 1. The lowest BCUT2D eigenvalue weighted by atomic mass is 10.0. The van der Waals surface area contributed by atoms with Crippen molar-refractivity contribution in [3.63, 3.8) is 0 Å². The first kappa shape index (κ1) is 12.4. The molecule has 1 aliphatic carbocycles. The molecule has 1 aliphatic rings. The van der Waals surface area contributed by atoms with E-state index in [1.165, 1.54) is 12.1 Å². The van der Waals surface area contributed by atoms with E-state index >= 15 is 0 Å². The van der Waals surface area contributed by atoms with Crippen LogP contribution in [0.1, 0.15) is 40.9 Å². The van der Waals surface area contributed by atoms with Crippen LogP contribution in [0, 0.1) is 5.82 Å². The molecule has 0 aliphatic heterocycles. The molecular weight excluding hydrogens is 269 g/mol. The van der Waals surface area contributed by atoms with Crippen LogP contribution >= 0.6 is 11.6 Å². The van der Waals surface area contributed by atoms with Crippen molar-refractivity contribution in [1.82, 2.24) is 4.98 Å². The van der Waals surface area contributed by atoms with Crippen molar-refractivity contribution in [3.8, 4) is 0 Å². The molecule has 19 heavy (non-hydrogen) atoms. The Kier molecular flexibility index (Phi) is 2.71. The molecular formula is C14H11ClFNO2. The number of hydrogen-bond donors (Lipinski definition) is 1. The van der Waals surface area contributed by atoms with Crippen LogP contribution in [0.3, 0.4) is 0 Å². The maximum atomic E-state index is 13.5.